The Morgan fingerprint density at radius 1 is 0.818 bits per heavy atom. The van der Waals surface area contributed by atoms with Gasteiger partial charge in [0, 0.05) is 16.9 Å². The van der Waals surface area contributed by atoms with Crippen LogP contribution >= 0.6 is 0 Å². The summed E-state index contributed by atoms with van der Waals surface area (Å²) in [5, 5.41) is 5.70. The molecular formula is C28H32N2O3. The minimum Gasteiger partial charge on any atom is -0.483 e. The highest BCUT2D eigenvalue weighted by atomic mass is 16.5. The van der Waals surface area contributed by atoms with Gasteiger partial charge in [0.15, 0.2) is 6.61 Å². The first-order valence-corrected chi connectivity index (χ1v) is 11.2. The summed E-state index contributed by atoms with van der Waals surface area (Å²) < 4.78 is 5.72. The standard InChI is InChI=1S/C28H32N2O3/c1-19(2)24-8-6-7-9-25(24)33-18-26(31)29-22-14-16-23(17-15-22)30-27(32)20-10-12-21(13-11-20)28(3,4)5/h6-17,19H,18H2,1-5H3,(H,29,31)(H,30,32). The van der Waals surface area contributed by atoms with E-state index in [4.69, 9.17) is 4.74 Å². The van der Waals surface area contributed by atoms with Crippen molar-refractivity contribution in [2.24, 2.45) is 0 Å². The van der Waals surface area contributed by atoms with E-state index in [-0.39, 0.29) is 23.8 Å². The summed E-state index contributed by atoms with van der Waals surface area (Å²) in [7, 11) is 0. The molecule has 0 saturated carbocycles. The van der Waals surface area contributed by atoms with Gasteiger partial charge in [-0.25, -0.2) is 0 Å². The summed E-state index contributed by atoms with van der Waals surface area (Å²) in [5.74, 6) is 0.605. The molecule has 0 aliphatic rings. The van der Waals surface area contributed by atoms with Gasteiger partial charge in [-0.1, -0.05) is 65.0 Å². The molecule has 172 valence electrons. The Morgan fingerprint density at radius 2 is 1.39 bits per heavy atom. The second-order valence-electron chi connectivity index (χ2n) is 9.39. The van der Waals surface area contributed by atoms with E-state index in [0.29, 0.717) is 22.9 Å². The zero-order valence-corrected chi connectivity index (χ0v) is 19.9. The molecule has 3 aromatic rings. The highest BCUT2D eigenvalue weighted by molar-refractivity contribution is 6.04. The van der Waals surface area contributed by atoms with E-state index in [0.717, 1.165) is 11.3 Å². The number of amides is 2. The molecule has 2 N–H and O–H groups in total. The van der Waals surface area contributed by atoms with Gasteiger partial charge >= 0.3 is 0 Å². The van der Waals surface area contributed by atoms with Crippen LogP contribution in [0.1, 0.15) is 62.0 Å². The van der Waals surface area contributed by atoms with Crippen LogP contribution in [0, 0.1) is 0 Å². The average Bonchev–Trinajstić information content (AvgIpc) is 2.78. The fraction of sp³-hybridized carbons (Fsp3) is 0.286. The molecule has 0 radical (unpaired) electrons. The molecule has 0 atom stereocenters. The van der Waals surface area contributed by atoms with Gasteiger partial charge in [0.25, 0.3) is 11.8 Å². The second-order valence-corrected chi connectivity index (χ2v) is 9.39. The van der Waals surface area contributed by atoms with Crippen LogP contribution in [0.5, 0.6) is 5.75 Å². The van der Waals surface area contributed by atoms with E-state index >= 15 is 0 Å². The number of anilines is 2. The van der Waals surface area contributed by atoms with Crippen molar-refractivity contribution in [3.8, 4) is 5.75 Å². The third kappa shape index (κ3) is 6.69. The predicted octanol–water partition coefficient (Wildman–Crippen LogP) is 6.38. The van der Waals surface area contributed by atoms with Crippen LogP contribution in [0.25, 0.3) is 0 Å². The molecule has 0 aromatic heterocycles. The van der Waals surface area contributed by atoms with E-state index in [1.165, 1.54) is 5.56 Å². The maximum absolute atomic E-state index is 12.5. The van der Waals surface area contributed by atoms with Gasteiger partial charge in [-0.2, -0.15) is 0 Å². The average molecular weight is 445 g/mol. The number of rotatable bonds is 7. The number of hydrogen-bond acceptors (Lipinski definition) is 3. The van der Waals surface area contributed by atoms with Crippen molar-refractivity contribution >= 4 is 23.2 Å². The van der Waals surface area contributed by atoms with Gasteiger partial charge in [-0.05, 0) is 64.9 Å². The zero-order chi connectivity index (χ0) is 24.0. The molecule has 0 saturated heterocycles. The molecule has 0 heterocycles. The number of carbonyl (C=O) groups is 2. The number of ether oxygens (including phenoxy) is 1. The van der Waals surface area contributed by atoms with Crippen molar-refractivity contribution in [1.82, 2.24) is 0 Å². The summed E-state index contributed by atoms with van der Waals surface area (Å²) in [6, 6.07) is 22.4. The van der Waals surface area contributed by atoms with Crippen LogP contribution in [-0.2, 0) is 10.2 Å². The quantitative estimate of drug-likeness (QED) is 0.444. The van der Waals surface area contributed by atoms with Gasteiger partial charge in [0.05, 0.1) is 0 Å². The summed E-state index contributed by atoms with van der Waals surface area (Å²) in [6.07, 6.45) is 0. The fourth-order valence-electron chi connectivity index (χ4n) is 3.39. The third-order valence-corrected chi connectivity index (χ3v) is 5.34. The molecule has 5 heteroatoms. The minimum absolute atomic E-state index is 0.0398. The van der Waals surface area contributed by atoms with E-state index in [1.54, 1.807) is 24.3 Å². The molecule has 3 rings (SSSR count). The Hall–Kier alpha value is -3.60. The normalized spacial score (nSPS) is 11.2. The highest BCUT2D eigenvalue weighted by Gasteiger charge is 2.14. The van der Waals surface area contributed by atoms with Crippen LogP contribution < -0.4 is 15.4 Å². The molecule has 0 spiro atoms. The lowest BCUT2D eigenvalue weighted by atomic mass is 9.87. The van der Waals surface area contributed by atoms with Crippen LogP contribution in [0.15, 0.2) is 72.8 Å². The minimum atomic E-state index is -0.246. The van der Waals surface area contributed by atoms with Crippen molar-refractivity contribution in [3.05, 3.63) is 89.5 Å². The van der Waals surface area contributed by atoms with Gasteiger partial charge in [0.2, 0.25) is 0 Å². The number of para-hydroxylation sites is 1. The van der Waals surface area contributed by atoms with Crippen molar-refractivity contribution < 1.29 is 14.3 Å². The summed E-state index contributed by atoms with van der Waals surface area (Å²) in [6.45, 7) is 10.5. The summed E-state index contributed by atoms with van der Waals surface area (Å²) in [5.41, 5.74) is 4.17. The van der Waals surface area contributed by atoms with Crippen LogP contribution in [0.3, 0.4) is 0 Å². The Balaban J connectivity index is 1.54. The van der Waals surface area contributed by atoms with E-state index < -0.39 is 0 Å². The maximum atomic E-state index is 12.5. The van der Waals surface area contributed by atoms with Gasteiger partial charge < -0.3 is 15.4 Å². The maximum Gasteiger partial charge on any atom is 0.262 e. The first kappa shape index (κ1) is 24.1. The molecule has 0 aliphatic carbocycles. The first-order chi connectivity index (χ1) is 15.6. The lowest BCUT2D eigenvalue weighted by molar-refractivity contribution is -0.118. The van der Waals surface area contributed by atoms with E-state index in [2.05, 4.69) is 45.3 Å². The fourth-order valence-corrected chi connectivity index (χ4v) is 3.39. The summed E-state index contributed by atoms with van der Waals surface area (Å²) in [4.78, 5) is 24.8. The van der Waals surface area contributed by atoms with E-state index in [1.807, 2.05) is 48.5 Å². The molecule has 33 heavy (non-hydrogen) atoms. The summed E-state index contributed by atoms with van der Waals surface area (Å²) >= 11 is 0. The smallest absolute Gasteiger partial charge is 0.262 e. The lowest BCUT2D eigenvalue weighted by Crippen LogP contribution is -2.20. The van der Waals surface area contributed by atoms with Gasteiger partial charge in [-0.3, -0.25) is 9.59 Å². The van der Waals surface area contributed by atoms with Crippen molar-refractivity contribution in [2.75, 3.05) is 17.2 Å². The topological polar surface area (TPSA) is 67.4 Å². The molecule has 5 nitrogen and oxygen atoms in total. The molecular weight excluding hydrogens is 412 g/mol. The Morgan fingerprint density at radius 3 is 1.97 bits per heavy atom. The van der Waals surface area contributed by atoms with Crippen LogP contribution in [0.4, 0.5) is 11.4 Å². The van der Waals surface area contributed by atoms with Gasteiger partial charge in [-0.15, -0.1) is 0 Å². The molecule has 0 bridgehead atoms. The SMILES string of the molecule is CC(C)c1ccccc1OCC(=O)Nc1ccc(NC(=O)c2ccc(C(C)(C)C)cc2)cc1. The number of benzene rings is 3. The third-order valence-electron chi connectivity index (χ3n) is 5.34. The van der Waals surface area contributed by atoms with Crippen molar-refractivity contribution in [3.63, 3.8) is 0 Å². The molecule has 3 aromatic carbocycles. The Labute approximate surface area is 196 Å². The van der Waals surface area contributed by atoms with E-state index in [9.17, 15) is 9.59 Å². The number of nitrogens with one attached hydrogen (secondary N) is 2. The largest absolute Gasteiger partial charge is 0.483 e. The highest BCUT2D eigenvalue weighted by Crippen LogP contribution is 2.26. The van der Waals surface area contributed by atoms with Crippen LogP contribution in [-0.4, -0.2) is 18.4 Å². The second kappa shape index (κ2) is 10.3. The van der Waals surface area contributed by atoms with Crippen molar-refractivity contribution in [2.45, 2.75) is 46.0 Å². The number of carbonyl (C=O) groups excluding carboxylic acids is 2. The van der Waals surface area contributed by atoms with Gasteiger partial charge in [0.1, 0.15) is 5.75 Å². The van der Waals surface area contributed by atoms with Crippen molar-refractivity contribution in [1.29, 1.82) is 0 Å². The zero-order valence-electron chi connectivity index (χ0n) is 19.9. The lowest BCUT2D eigenvalue weighted by Gasteiger charge is -2.19. The monoisotopic (exact) mass is 444 g/mol. The Bertz CT molecular complexity index is 1100. The number of hydrogen-bond donors (Lipinski definition) is 2. The first-order valence-electron chi connectivity index (χ1n) is 11.2. The molecule has 0 aliphatic heterocycles. The predicted molar refractivity (Wildman–Crippen MR) is 134 cm³/mol. The molecule has 0 unspecified atom stereocenters. The molecule has 0 fully saturated rings. The van der Waals surface area contributed by atoms with Crippen LogP contribution in [0.2, 0.25) is 0 Å². The molecule has 2 amide bonds. The Kier molecular flexibility index (Phi) is 7.54.